The molecule has 0 radical (unpaired) electrons. The lowest BCUT2D eigenvalue weighted by atomic mass is 10.1. The van der Waals surface area contributed by atoms with E-state index in [4.69, 9.17) is 4.74 Å². The van der Waals surface area contributed by atoms with Gasteiger partial charge in [0.25, 0.3) is 0 Å². The van der Waals surface area contributed by atoms with E-state index < -0.39 is 10.0 Å². The van der Waals surface area contributed by atoms with Gasteiger partial charge in [-0.1, -0.05) is 38.0 Å². The first kappa shape index (κ1) is 20.9. The highest BCUT2D eigenvalue weighted by Crippen LogP contribution is 2.45. The molecular weight excluding hydrogens is 395 g/mol. The highest BCUT2D eigenvalue weighted by Gasteiger charge is 2.39. The molecular formula is C20H27N2O4PS. The van der Waals surface area contributed by atoms with Crippen molar-refractivity contribution in [2.45, 2.75) is 37.1 Å². The normalized spacial score (nSPS) is 19.5. The first-order chi connectivity index (χ1) is 13.4. The Kier molecular flexibility index (Phi) is 6.48. The number of anilines is 2. The fraction of sp³-hybridized carbons (Fsp3) is 0.400. The van der Waals surface area contributed by atoms with Gasteiger partial charge in [0, 0.05) is 30.4 Å². The fourth-order valence-electron chi connectivity index (χ4n) is 3.61. The number of sulfonamides is 1. The minimum atomic E-state index is -3.75. The molecule has 0 saturated carbocycles. The van der Waals surface area contributed by atoms with Crippen LogP contribution in [0.1, 0.15) is 26.2 Å². The van der Waals surface area contributed by atoms with Gasteiger partial charge < -0.3 is 14.7 Å². The lowest BCUT2D eigenvalue weighted by Crippen LogP contribution is -2.38. The van der Waals surface area contributed by atoms with E-state index in [-0.39, 0.29) is 31.2 Å². The molecule has 2 atom stereocenters. The molecule has 1 unspecified atom stereocenters. The molecule has 0 bridgehead atoms. The second-order valence-corrected chi connectivity index (χ2v) is 9.79. The van der Waals surface area contributed by atoms with E-state index in [0.717, 1.165) is 24.9 Å². The third kappa shape index (κ3) is 3.84. The maximum absolute atomic E-state index is 13.5. The molecule has 2 aromatic carbocycles. The van der Waals surface area contributed by atoms with E-state index in [1.54, 1.807) is 10.1 Å². The van der Waals surface area contributed by atoms with Crippen LogP contribution in [0.5, 0.6) is 11.5 Å². The van der Waals surface area contributed by atoms with E-state index in [2.05, 4.69) is 6.92 Å². The maximum atomic E-state index is 13.5. The van der Waals surface area contributed by atoms with Gasteiger partial charge in [0.05, 0.1) is 12.8 Å². The Hall–Kier alpha value is -1.82. The minimum absolute atomic E-state index is 0.105. The van der Waals surface area contributed by atoms with Crippen molar-refractivity contribution >= 4 is 30.1 Å². The summed E-state index contributed by atoms with van der Waals surface area (Å²) in [6.07, 6.45) is 2.75. The highest BCUT2D eigenvalue weighted by atomic mass is 32.2. The van der Waals surface area contributed by atoms with Crippen molar-refractivity contribution in [3.63, 3.8) is 0 Å². The summed E-state index contributed by atoms with van der Waals surface area (Å²) in [5, 5.41) is 10.3. The number of fused-ring (bicyclic) bond motifs is 1. The predicted octanol–water partition coefficient (Wildman–Crippen LogP) is 4.33. The molecule has 8 heteroatoms. The Labute approximate surface area is 169 Å². The van der Waals surface area contributed by atoms with Crippen molar-refractivity contribution in [3.8, 4) is 11.5 Å². The van der Waals surface area contributed by atoms with Crippen molar-refractivity contribution in [3.05, 3.63) is 42.5 Å². The van der Waals surface area contributed by atoms with Crippen molar-refractivity contribution in [2.75, 3.05) is 25.2 Å². The number of unbranched alkanes of at least 4 members (excludes halogenated alkanes) is 1. The molecule has 0 saturated heterocycles. The molecule has 3 rings (SSSR count). The molecule has 0 aliphatic carbocycles. The first-order valence-corrected chi connectivity index (χ1v) is 12.3. The zero-order valence-corrected chi connectivity index (χ0v) is 18.2. The van der Waals surface area contributed by atoms with Crippen LogP contribution in [0.3, 0.4) is 0 Å². The number of aromatic hydroxyl groups is 1. The van der Waals surface area contributed by atoms with Crippen LogP contribution in [-0.4, -0.2) is 44.0 Å². The smallest absolute Gasteiger partial charge is 0.248 e. The van der Waals surface area contributed by atoms with Gasteiger partial charge in [0.2, 0.25) is 10.0 Å². The summed E-state index contributed by atoms with van der Waals surface area (Å²) in [7, 11) is -2.18. The topological polar surface area (TPSA) is 70.1 Å². The lowest BCUT2D eigenvalue weighted by molar-refractivity contribution is 0.372. The number of ether oxygens (including phenoxy) is 1. The third-order valence-electron chi connectivity index (χ3n) is 4.99. The highest BCUT2D eigenvalue weighted by molar-refractivity contribution is 7.93. The number of methoxy groups -OCH3 is 1. The molecule has 1 aliphatic heterocycles. The SMILES string of the molecule is CCCC[C@@H]1CN(c2ccccc2)c2cc(OC)c(O)cc2S(=O)(=O)N1PC. The predicted molar refractivity (Wildman–Crippen MR) is 115 cm³/mol. The average Bonchev–Trinajstić information content (AvgIpc) is 2.78. The maximum Gasteiger partial charge on any atom is 0.248 e. The zero-order chi connectivity index (χ0) is 20.3. The Morgan fingerprint density at radius 2 is 1.96 bits per heavy atom. The van der Waals surface area contributed by atoms with Gasteiger partial charge in [-0.15, -0.1) is 0 Å². The molecule has 6 nitrogen and oxygen atoms in total. The number of rotatable bonds is 6. The molecule has 0 fully saturated rings. The molecule has 0 aromatic heterocycles. The third-order valence-corrected chi connectivity index (χ3v) is 8.77. The minimum Gasteiger partial charge on any atom is -0.504 e. The number of phenols is 1. The van der Waals surface area contributed by atoms with Gasteiger partial charge in [0.1, 0.15) is 4.90 Å². The van der Waals surface area contributed by atoms with Crippen LogP contribution in [-0.2, 0) is 10.0 Å². The summed E-state index contributed by atoms with van der Waals surface area (Å²) in [4.78, 5) is 2.14. The van der Waals surface area contributed by atoms with E-state index >= 15 is 0 Å². The van der Waals surface area contributed by atoms with Crippen LogP contribution < -0.4 is 9.64 Å². The quantitative estimate of drug-likeness (QED) is 0.702. The molecule has 28 heavy (non-hydrogen) atoms. The van der Waals surface area contributed by atoms with Crippen molar-refractivity contribution in [1.82, 2.24) is 4.08 Å². The van der Waals surface area contributed by atoms with E-state index in [1.165, 1.54) is 13.2 Å². The van der Waals surface area contributed by atoms with Crippen LogP contribution >= 0.6 is 8.73 Å². The largest absolute Gasteiger partial charge is 0.504 e. The first-order valence-electron chi connectivity index (χ1n) is 9.39. The van der Waals surface area contributed by atoms with Crippen LogP contribution in [0.4, 0.5) is 11.4 Å². The monoisotopic (exact) mass is 422 g/mol. The second-order valence-electron chi connectivity index (χ2n) is 6.76. The van der Waals surface area contributed by atoms with Gasteiger partial charge in [-0.05, 0) is 33.9 Å². The Morgan fingerprint density at radius 3 is 2.57 bits per heavy atom. The summed E-state index contributed by atoms with van der Waals surface area (Å²) in [6.45, 7) is 4.54. The standard InChI is InChI=1S/C20H27N2O4PS/c1-4-5-9-16-14-21(15-10-7-6-8-11-15)17-12-19(26-2)18(23)13-20(17)28(24,25)22(16)27-3/h6-8,10-13,16,23,27H,4-5,9,14H2,1-3H3/t16-/m1/s1. The van der Waals surface area contributed by atoms with Gasteiger partial charge in [0.15, 0.2) is 11.5 Å². The molecule has 1 heterocycles. The van der Waals surface area contributed by atoms with E-state index in [9.17, 15) is 13.5 Å². The van der Waals surface area contributed by atoms with Gasteiger partial charge in [-0.3, -0.25) is 0 Å². The number of hydrogen-bond acceptors (Lipinski definition) is 5. The van der Waals surface area contributed by atoms with Crippen LogP contribution in [0.25, 0.3) is 0 Å². The molecule has 2 aromatic rings. The number of nitrogens with zero attached hydrogens (tertiary/aromatic N) is 2. The van der Waals surface area contributed by atoms with Crippen LogP contribution in [0.2, 0.25) is 0 Å². The number of benzene rings is 2. The summed E-state index contributed by atoms with van der Waals surface area (Å²) < 4.78 is 33.9. The zero-order valence-electron chi connectivity index (χ0n) is 16.4. The second kappa shape index (κ2) is 8.68. The number of hydrogen-bond donors (Lipinski definition) is 1. The molecule has 1 aliphatic rings. The van der Waals surface area contributed by atoms with Gasteiger partial charge in [-0.2, -0.15) is 4.08 Å². The lowest BCUT2D eigenvalue weighted by Gasteiger charge is -2.30. The summed E-state index contributed by atoms with van der Waals surface area (Å²) in [6, 6.07) is 12.5. The number of para-hydroxylation sites is 1. The summed E-state index contributed by atoms with van der Waals surface area (Å²) >= 11 is 0. The van der Waals surface area contributed by atoms with Crippen LogP contribution in [0, 0.1) is 0 Å². The fourth-order valence-corrected chi connectivity index (χ4v) is 6.91. The van der Waals surface area contributed by atoms with Gasteiger partial charge in [-0.25, -0.2) is 8.42 Å². The van der Waals surface area contributed by atoms with Gasteiger partial charge >= 0.3 is 0 Å². The Bertz CT molecular complexity index is 921. The molecule has 152 valence electrons. The molecule has 0 amide bonds. The van der Waals surface area contributed by atoms with Crippen molar-refractivity contribution in [2.24, 2.45) is 0 Å². The van der Waals surface area contributed by atoms with Crippen molar-refractivity contribution < 1.29 is 18.3 Å². The number of phenolic OH excluding ortho intramolecular Hbond substituents is 1. The molecule has 1 N–H and O–H groups in total. The summed E-state index contributed by atoms with van der Waals surface area (Å²) in [5.74, 6) is 0.0802. The Morgan fingerprint density at radius 1 is 1.25 bits per heavy atom. The average molecular weight is 422 g/mol. The van der Waals surface area contributed by atoms with E-state index in [0.29, 0.717) is 12.2 Å². The Balaban J connectivity index is 2.25. The van der Waals surface area contributed by atoms with Crippen molar-refractivity contribution in [1.29, 1.82) is 0 Å². The van der Waals surface area contributed by atoms with E-state index in [1.807, 2.05) is 41.9 Å². The van der Waals surface area contributed by atoms with Crippen LogP contribution in [0.15, 0.2) is 47.4 Å². The molecule has 0 spiro atoms. The summed E-state index contributed by atoms with van der Waals surface area (Å²) in [5.41, 5.74) is 1.44.